The predicted octanol–water partition coefficient (Wildman–Crippen LogP) is 2.87. The molecular formula is C13H21NOS. The maximum Gasteiger partial charge on any atom is 0.120 e. The van der Waals surface area contributed by atoms with Crippen LogP contribution in [0.1, 0.15) is 19.4 Å². The molecule has 0 atom stereocenters. The fourth-order valence-electron chi connectivity index (χ4n) is 1.35. The molecule has 0 unspecified atom stereocenters. The van der Waals surface area contributed by atoms with Crippen LogP contribution in [0.15, 0.2) is 24.3 Å². The van der Waals surface area contributed by atoms with Crippen LogP contribution in [-0.2, 0) is 6.54 Å². The Morgan fingerprint density at radius 1 is 1.31 bits per heavy atom. The molecule has 0 bridgehead atoms. The molecule has 0 spiro atoms. The van der Waals surface area contributed by atoms with Gasteiger partial charge in [-0.1, -0.05) is 32.0 Å². The van der Waals surface area contributed by atoms with Crippen molar-refractivity contribution in [1.82, 2.24) is 5.32 Å². The topological polar surface area (TPSA) is 32.3 Å². The summed E-state index contributed by atoms with van der Waals surface area (Å²) >= 11 is 1.98. The average Bonchev–Trinajstić information content (AvgIpc) is 2.25. The Morgan fingerprint density at radius 3 is 2.75 bits per heavy atom. The molecule has 90 valence electrons. The van der Waals surface area contributed by atoms with Gasteiger partial charge >= 0.3 is 0 Å². The summed E-state index contributed by atoms with van der Waals surface area (Å²) < 4.78 is 0. The minimum atomic E-state index is 0.379. The van der Waals surface area contributed by atoms with Gasteiger partial charge in [-0.15, -0.1) is 0 Å². The van der Waals surface area contributed by atoms with Crippen LogP contribution < -0.4 is 5.32 Å². The molecule has 2 N–H and O–H groups in total. The van der Waals surface area contributed by atoms with Gasteiger partial charge in [0.1, 0.15) is 5.75 Å². The molecule has 0 radical (unpaired) electrons. The van der Waals surface area contributed by atoms with E-state index >= 15 is 0 Å². The van der Waals surface area contributed by atoms with Crippen LogP contribution in [-0.4, -0.2) is 23.2 Å². The molecule has 0 saturated carbocycles. The predicted molar refractivity (Wildman–Crippen MR) is 72.0 cm³/mol. The quantitative estimate of drug-likeness (QED) is 0.718. The third kappa shape index (κ3) is 5.42. The summed E-state index contributed by atoms with van der Waals surface area (Å²) in [5.41, 5.74) is 0.969. The Balaban J connectivity index is 2.10. The molecule has 1 rings (SSSR count). The Hall–Kier alpha value is -0.670. The molecule has 16 heavy (non-hydrogen) atoms. The number of nitrogens with one attached hydrogen (secondary N) is 1. The van der Waals surface area contributed by atoms with Crippen molar-refractivity contribution < 1.29 is 5.11 Å². The monoisotopic (exact) mass is 239 g/mol. The number of thioether (sulfide) groups is 1. The summed E-state index contributed by atoms with van der Waals surface area (Å²) in [5, 5.41) is 12.9. The van der Waals surface area contributed by atoms with Gasteiger partial charge in [-0.05, 0) is 17.7 Å². The van der Waals surface area contributed by atoms with Crippen LogP contribution >= 0.6 is 11.8 Å². The lowest BCUT2D eigenvalue weighted by molar-refractivity contribution is 0.465. The minimum Gasteiger partial charge on any atom is -0.508 e. The molecule has 0 aromatic heterocycles. The first-order valence-electron chi connectivity index (χ1n) is 5.75. The summed E-state index contributed by atoms with van der Waals surface area (Å²) in [6.07, 6.45) is 0. The normalized spacial score (nSPS) is 10.9. The summed E-state index contributed by atoms with van der Waals surface area (Å²) in [6, 6.07) is 7.47. The number of phenols is 1. The fourth-order valence-corrected chi connectivity index (χ4v) is 2.27. The molecule has 0 aliphatic heterocycles. The van der Waals surface area contributed by atoms with Gasteiger partial charge in [-0.25, -0.2) is 0 Å². The van der Waals surface area contributed by atoms with E-state index in [0.717, 1.165) is 30.3 Å². The standard InChI is InChI=1S/C13H21NOS/c1-11(2)10-16-8-7-14-9-12-5-3-4-6-13(12)15/h3-6,11,14-15H,7-10H2,1-2H3. The largest absolute Gasteiger partial charge is 0.508 e. The van der Waals surface area contributed by atoms with Crippen LogP contribution in [0, 0.1) is 5.92 Å². The van der Waals surface area contributed by atoms with Gasteiger partial charge in [-0.3, -0.25) is 0 Å². The number of hydrogen-bond acceptors (Lipinski definition) is 3. The highest BCUT2D eigenvalue weighted by molar-refractivity contribution is 7.99. The lowest BCUT2D eigenvalue weighted by Gasteiger charge is -2.07. The minimum absolute atomic E-state index is 0.379. The first-order valence-corrected chi connectivity index (χ1v) is 6.91. The van der Waals surface area contributed by atoms with E-state index in [1.54, 1.807) is 6.07 Å². The highest BCUT2D eigenvalue weighted by atomic mass is 32.2. The van der Waals surface area contributed by atoms with E-state index in [2.05, 4.69) is 19.2 Å². The van der Waals surface area contributed by atoms with Crippen LogP contribution in [0.2, 0.25) is 0 Å². The zero-order chi connectivity index (χ0) is 11.8. The van der Waals surface area contributed by atoms with E-state index in [0.29, 0.717) is 5.75 Å². The molecule has 0 saturated heterocycles. The SMILES string of the molecule is CC(C)CSCCNCc1ccccc1O. The van der Waals surface area contributed by atoms with E-state index in [1.165, 1.54) is 5.75 Å². The molecule has 0 aliphatic carbocycles. The summed E-state index contributed by atoms with van der Waals surface area (Å²) in [5.74, 6) is 3.50. The third-order valence-corrected chi connectivity index (χ3v) is 3.58. The van der Waals surface area contributed by atoms with Crippen molar-refractivity contribution in [1.29, 1.82) is 0 Å². The van der Waals surface area contributed by atoms with Crippen LogP contribution in [0.25, 0.3) is 0 Å². The molecule has 0 amide bonds. The van der Waals surface area contributed by atoms with E-state index in [1.807, 2.05) is 30.0 Å². The third-order valence-electron chi connectivity index (χ3n) is 2.18. The molecule has 3 heteroatoms. The molecule has 0 fully saturated rings. The number of phenolic OH excluding ortho intramolecular Hbond substituents is 1. The van der Waals surface area contributed by atoms with Crippen molar-refractivity contribution >= 4 is 11.8 Å². The zero-order valence-electron chi connectivity index (χ0n) is 10.1. The molecule has 1 aromatic rings. The maximum absolute atomic E-state index is 9.54. The molecule has 2 nitrogen and oxygen atoms in total. The Morgan fingerprint density at radius 2 is 2.06 bits per heavy atom. The zero-order valence-corrected chi connectivity index (χ0v) is 10.9. The van der Waals surface area contributed by atoms with Gasteiger partial charge in [0.2, 0.25) is 0 Å². The first-order chi connectivity index (χ1) is 7.70. The van der Waals surface area contributed by atoms with Gasteiger partial charge in [0, 0.05) is 24.4 Å². The fraction of sp³-hybridized carbons (Fsp3) is 0.538. The molecular weight excluding hydrogens is 218 g/mol. The van der Waals surface area contributed by atoms with Crippen molar-refractivity contribution in [2.24, 2.45) is 5.92 Å². The number of benzene rings is 1. The summed E-state index contributed by atoms with van der Waals surface area (Å²) in [7, 11) is 0. The number of rotatable bonds is 7. The second-order valence-corrected chi connectivity index (χ2v) is 5.42. The summed E-state index contributed by atoms with van der Waals surface area (Å²) in [4.78, 5) is 0. The molecule has 1 aromatic carbocycles. The van der Waals surface area contributed by atoms with Gasteiger partial charge in [-0.2, -0.15) is 11.8 Å². The van der Waals surface area contributed by atoms with Crippen molar-refractivity contribution in [3.63, 3.8) is 0 Å². The number of aromatic hydroxyl groups is 1. The van der Waals surface area contributed by atoms with Gasteiger partial charge < -0.3 is 10.4 Å². The molecule has 0 aliphatic rings. The second kappa shape index (κ2) is 7.58. The Kier molecular flexibility index (Phi) is 6.34. The van der Waals surface area contributed by atoms with E-state index in [4.69, 9.17) is 0 Å². The van der Waals surface area contributed by atoms with Crippen molar-refractivity contribution in [3.8, 4) is 5.75 Å². The average molecular weight is 239 g/mol. The van der Waals surface area contributed by atoms with Crippen LogP contribution in [0.5, 0.6) is 5.75 Å². The first kappa shape index (κ1) is 13.4. The number of para-hydroxylation sites is 1. The summed E-state index contributed by atoms with van der Waals surface area (Å²) in [6.45, 7) is 6.21. The second-order valence-electron chi connectivity index (χ2n) is 4.27. The smallest absolute Gasteiger partial charge is 0.120 e. The Bertz CT molecular complexity index is 302. The van der Waals surface area contributed by atoms with Crippen molar-refractivity contribution in [3.05, 3.63) is 29.8 Å². The van der Waals surface area contributed by atoms with E-state index in [9.17, 15) is 5.11 Å². The van der Waals surface area contributed by atoms with Gasteiger partial charge in [0.25, 0.3) is 0 Å². The van der Waals surface area contributed by atoms with Crippen LogP contribution in [0.3, 0.4) is 0 Å². The van der Waals surface area contributed by atoms with Gasteiger partial charge in [0.05, 0.1) is 0 Å². The Labute approximate surface area is 102 Å². The maximum atomic E-state index is 9.54. The number of hydrogen-bond donors (Lipinski definition) is 2. The van der Waals surface area contributed by atoms with Crippen molar-refractivity contribution in [2.75, 3.05) is 18.1 Å². The highest BCUT2D eigenvalue weighted by Gasteiger charge is 1.98. The molecule has 0 heterocycles. The lowest BCUT2D eigenvalue weighted by atomic mass is 10.2. The van der Waals surface area contributed by atoms with E-state index in [-0.39, 0.29) is 0 Å². The van der Waals surface area contributed by atoms with E-state index < -0.39 is 0 Å². The van der Waals surface area contributed by atoms with Crippen LogP contribution in [0.4, 0.5) is 0 Å². The van der Waals surface area contributed by atoms with Gasteiger partial charge in [0.15, 0.2) is 0 Å². The highest BCUT2D eigenvalue weighted by Crippen LogP contribution is 2.14. The van der Waals surface area contributed by atoms with Crippen molar-refractivity contribution in [2.45, 2.75) is 20.4 Å². The lowest BCUT2D eigenvalue weighted by Crippen LogP contribution is -2.17.